The van der Waals surface area contributed by atoms with Gasteiger partial charge in [0.05, 0.1) is 70.4 Å². The molecule has 1 unspecified atom stereocenters. The third-order valence-corrected chi connectivity index (χ3v) is 21.3. The highest BCUT2D eigenvalue weighted by atomic mass is 19.4. The number of aromatic nitrogens is 8. The fraction of sp³-hybridized carbons (Fsp3) is 0.448. The summed E-state index contributed by atoms with van der Waals surface area (Å²) in [6.45, 7) is 24.2. The summed E-state index contributed by atoms with van der Waals surface area (Å²) in [5.41, 5.74) is 8.37. The fourth-order valence-electron chi connectivity index (χ4n) is 15.1. The Hall–Kier alpha value is -12.8. The molecule has 4 aromatic heterocycles. The first kappa shape index (κ1) is 93.5. The average Bonchev–Trinajstić information content (AvgIpc) is 0.822. The molecule has 5 aliphatic rings. The number of halogens is 3. The van der Waals surface area contributed by atoms with Gasteiger partial charge in [-0.2, -0.15) is 13.2 Å². The van der Waals surface area contributed by atoms with Crippen molar-refractivity contribution in [3.63, 3.8) is 0 Å². The van der Waals surface area contributed by atoms with E-state index in [2.05, 4.69) is 115 Å². The van der Waals surface area contributed by atoms with Crippen LogP contribution in [0.2, 0.25) is 0 Å². The van der Waals surface area contributed by atoms with Crippen LogP contribution in [0.1, 0.15) is 182 Å². The number of aliphatic hydroxyl groups excluding tert-OH is 3. The van der Waals surface area contributed by atoms with Crippen molar-refractivity contribution < 1.29 is 72.8 Å². The number of anilines is 10. The van der Waals surface area contributed by atoms with Gasteiger partial charge in [-0.1, -0.05) is 90.5 Å². The van der Waals surface area contributed by atoms with Gasteiger partial charge in [0.25, 0.3) is 22.2 Å². The maximum absolute atomic E-state index is 13.4. The average molecular weight is 1720 g/mol. The lowest BCUT2D eigenvalue weighted by atomic mass is 10.0. The van der Waals surface area contributed by atoms with Crippen molar-refractivity contribution in [2.75, 3.05) is 82.8 Å². The molecule has 124 heavy (non-hydrogen) atoms. The molecule has 8 aromatic rings. The number of carboxylic acid groups (broad SMARTS) is 4. The molecule has 0 saturated heterocycles. The van der Waals surface area contributed by atoms with Crippen molar-refractivity contribution in [1.82, 2.24) is 39.9 Å². The molecule has 662 valence electrons. The number of rotatable bonds is 37. The number of aliphatic hydroxyl groups is 3. The highest BCUT2D eigenvalue weighted by Crippen LogP contribution is 2.45. The Labute approximate surface area is 709 Å². The molecule has 8 heterocycles. The number of benzene rings is 4. The van der Waals surface area contributed by atoms with Crippen LogP contribution < -0.4 is 101 Å². The van der Waals surface area contributed by atoms with Crippen LogP contribution in [0.25, 0.3) is 26.3 Å². The maximum Gasteiger partial charge on any atom is 0.416 e. The summed E-state index contributed by atoms with van der Waals surface area (Å²) in [6.07, 6.45) is 12.0. The molecule has 0 spiro atoms. The van der Waals surface area contributed by atoms with Gasteiger partial charge >= 0.3 is 30.1 Å². The van der Waals surface area contributed by atoms with Crippen LogP contribution in [0, 0.1) is 27.7 Å². The van der Waals surface area contributed by atoms with E-state index in [0.29, 0.717) is 123 Å². The Balaban J connectivity index is 0.000000173. The number of aryl methyl sites for hydroxylation is 4. The number of aromatic amines is 4. The topological polar surface area (TPSA) is 489 Å². The Morgan fingerprint density at radius 1 is 0.460 bits per heavy atom. The summed E-state index contributed by atoms with van der Waals surface area (Å²) in [4.78, 5) is 146. The molecule has 34 nitrogen and oxygen atoms in total. The van der Waals surface area contributed by atoms with E-state index in [-0.39, 0.29) is 124 Å². The quantitative estimate of drug-likeness (QED) is 0.0163. The smallest absolute Gasteiger partial charge is 0.416 e. The molecule has 0 amide bonds. The lowest BCUT2D eigenvalue weighted by Crippen LogP contribution is -2.42. The fourth-order valence-corrected chi connectivity index (χ4v) is 15.1. The number of carbonyl (C=O) groups is 4. The van der Waals surface area contributed by atoms with Crippen LogP contribution in [-0.4, -0.2) is 164 Å². The largest absolute Gasteiger partial charge is 0.491 e. The second-order valence-electron chi connectivity index (χ2n) is 31.0. The molecule has 4 aromatic carbocycles. The Morgan fingerprint density at radius 3 is 1.11 bits per heavy atom. The number of nitrogens with one attached hydrogen (secondary N) is 6. The number of aliphatic carboxylic acids is 4. The second-order valence-corrected chi connectivity index (χ2v) is 31.0. The number of nitrogens with zero attached hydrogens (tertiary/aromatic N) is 12. The maximum atomic E-state index is 13.4. The molecule has 0 bridgehead atoms. The molecule has 1 atom stereocenters. The standard InChI is InChI=1S/C24H31N5O3.C22H29N5O5.C21H26N4O5.C20H21F3N4O3/c1-15-13-19-20(14-18(15)27-17-9-6-7-10-17)29(12-8-4-3-5-11-21(30)31)23-22(28-19)24(32)26-16(2)25-23;1-13-9-17-18(10-16(13)23-11-15(29)12-28)27(8-6-4-3-5-7-19(30)31)21-20(26-17)22(32)25-14(2)24-21;1-13-11-15-16(12-17(13)30-10-9-26)25(8-6-4-3-5-7-18(27)28)20-19(24-15)21(29)23-14(2)22-20;1-11-9-14-15(10-13(11)20(21,22)23)27(8-6-4-3-5-7-16(28)29)18-17(26-14)19(30)25-12(2)24-18/h13-14,17,27H,2-12H2,1H3,(H,26,32)(H,30,31);9-10,15,23,28-29H,2-8,11-12H2,1H3,(H,25,32)(H,30,31);11-12,26H,2-10H2,1H3,(H,23,29)(H,27,28);9-10H,2-8H2,1H3,(H,25,30)(H,28,29). The van der Waals surface area contributed by atoms with Crippen molar-refractivity contribution in [2.45, 2.75) is 200 Å². The minimum Gasteiger partial charge on any atom is -0.491 e. The van der Waals surface area contributed by atoms with Gasteiger partial charge in [-0.25, -0.2) is 39.9 Å². The van der Waals surface area contributed by atoms with Crippen molar-refractivity contribution in [3.05, 3.63) is 161 Å². The van der Waals surface area contributed by atoms with E-state index >= 15 is 0 Å². The van der Waals surface area contributed by atoms with Gasteiger partial charge in [-0.3, -0.25) is 38.4 Å². The lowest BCUT2D eigenvalue weighted by Gasteiger charge is -2.29. The monoisotopic (exact) mass is 1720 g/mol. The minimum atomic E-state index is -4.53. The number of alkyl halides is 3. The van der Waals surface area contributed by atoms with Gasteiger partial charge in [-0.15, -0.1) is 0 Å². The van der Waals surface area contributed by atoms with Gasteiger partial charge in [0.15, 0.2) is 44.7 Å². The molecule has 0 radical (unpaired) electrons. The van der Waals surface area contributed by atoms with E-state index in [1.54, 1.807) is 4.90 Å². The Kier molecular flexibility index (Phi) is 32.7. The van der Waals surface area contributed by atoms with Crippen LogP contribution in [0.4, 0.5) is 93.3 Å². The van der Waals surface area contributed by atoms with E-state index in [9.17, 15) is 56.6 Å². The Bertz CT molecular complexity index is 6000. The summed E-state index contributed by atoms with van der Waals surface area (Å²) < 4.78 is 46.0. The van der Waals surface area contributed by atoms with Crippen LogP contribution in [0.3, 0.4) is 0 Å². The first-order chi connectivity index (χ1) is 59.2. The van der Waals surface area contributed by atoms with E-state index in [1.165, 1.54) is 38.7 Å². The van der Waals surface area contributed by atoms with E-state index in [4.69, 9.17) is 35.4 Å². The summed E-state index contributed by atoms with van der Waals surface area (Å²) in [5, 5.41) is 70.5. The van der Waals surface area contributed by atoms with Gasteiger partial charge in [0.2, 0.25) is 0 Å². The highest BCUT2D eigenvalue weighted by molar-refractivity contribution is 5.83. The molecule has 13 N–H and O–H groups in total. The van der Waals surface area contributed by atoms with Crippen LogP contribution in [0.5, 0.6) is 5.75 Å². The molecule has 1 fully saturated rings. The molecular weight excluding hydrogens is 1610 g/mol. The Morgan fingerprint density at radius 2 is 0.774 bits per heavy atom. The van der Waals surface area contributed by atoms with Crippen LogP contribution in [0.15, 0.2) is 87.7 Å². The first-order valence-electron chi connectivity index (χ1n) is 41.6. The second kappa shape index (κ2) is 43.3. The summed E-state index contributed by atoms with van der Waals surface area (Å²) in [6, 6.07) is 14.5. The van der Waals surface area contributed by atoms with Crippen LogP contribution >= 0.6 is 0 Å². The number of hydrogen-bond donors (Lipinski definition) is 13. The molecule has 1 saturated carbocycles. The summed E-state index contributed by atoms with van der Waals surface area (Å²) >= 11 is 0. The highest BCUT2D eigenvalue weighted by Gasteiger charge is 2.36. The zero-order valence-corrected chi connectivity index (χ0v) is 70.0. The zero-order valence-electron chi connectivity index (χ0n) is 70.0. The van der Waals surface area contributed by atoms with Crippen molar-refractivity contribution in [2.24, 2.45) is 20.0 Å². The molecule has 4 aliphatic heterocycles. The van der Waals surface area contributed by atoms with Crippen molar-refractivity contribution in [1.29, 1.82) is 0 Å². The summed E-state index contributed by atoms with van der Waals surface area (Å²) in [5.74, 6) is -0.989. The van der Waals surface area contributed by atoms with Crippen molar-refractivity contribution >= 4 is 130 Å². The number of fused-ring (bicyclic) bond motifs is 8. The minimum absolute atomic E-state index is 0.0141. The van der Waals surface area contributed by atoms with Crippen LogP contribution in [-0.2, 0) is 25.4 Å². The van der Waals surface area contributed by atoms with Gasteiger partial charge in [0.1, 0.15) is 34.3 Å². The zero-order chi connectivity index (χ0) is 89.6. The number of unbranched alkanes of at least 4 members (excludes halogenated alkanes) is 12. The predicted octanol–water partition coefficient (Wildman–Crippen LogP) is 8.22. The van der Waals surface area contributed by atoms with E-state index in [1.807, 2.05) is 54.0 Å². The lowest BCUT2D eigenvalue weighted by molar-refractivity contribution is -0.138. The number of hydrogen-bond acceptors (Lipinski definition) is 26. The molecule has 37 heteroatoms. The number of carboxylic acids is 4. The third kappa shape index (κ3) is 24.8. The molecular formula is C87H107F3N18O16. The normalized spacial score (nSPS) is 13.4. The first-order valence-corrected chi connectivity index (χ1v) is 41.6. The molecule has 1 aliphatic carbocycles. The number of ether oxygens (including phenoxy) is 1. The molecule has 13 rings (SSSR count). The SMILES string of the molecule is C=c1nc2c(c(=O)[nH]1)=Nc1cc(C)c(C(F)(F)F)cc1N2CCCCCCC(=O)O.C=c1nc2c(c(=O)[nH]1)=Nc1cc(C)c(NC3CCCC3)cc1N2CCCCCCC(=O)O.C=c1nc2c(c(=O)[nH]1)=Nc1cc(C)c(NCC(O)CO)cc1N2CCCCCCC(=O)O.C=c1nc2c(c(=O)[nH]1)=Nc1cc(C)c(OCCO)cc1N2CCCCCCC(=O)O. The van der Waals surface area contributed by atoms with Gasteiger partial charge < -0.3 is 90.7 Å². The van der Waals surface area contributed by atoms with Gasteiger partial charge in [0, 0.05) is 81.9 Å². The van der Waals surface area contributed by atoms with Gasteiger partial charge in [-0.05, 0) is 157 Å². The van der Waals surface area contributed by atoms with E-state index < -0.39 is 47.3 Å². The number of H-pyrrole nitrogens is 4. The predicted molar refractivity (Wildman–Crippen MR) is 464 cm³/mol. The summed E-state index contributed by atoms with van der Waals surface area (Å²) in [7, 11) is 0. The van der Waals surface area contributed by atoms with E-state index in [0.717, 1.165) is 115 Å². The van der Waals surface area contributed by atoms with Crippen molar-refractivity contribution in [3.8, 4) is 5.75 Å². The third-order valence-electron chi connectivity index (χ3n) is 21.3.